The summed E-state index contributed by atoms with van der Waals surface area (Å²) in [5.41, 5.74) is 2.98. The summed E-state index contributed by atoms with van der Waals surface area (Å²) in [6.45, 7) is 2.92. The summed E-state index contributed by atoms with van der Waals surface area (Å²) in [4.78, 5) is 24.7. The van der Waals surface area contributed by atoms with E-state index in [-0.39, 0.29) is 5.91 Å². The van der Waals surface area contributed by atoms with Crippen molar-refractivity contribution in [3.05, 3.63) is 78.6 Å². The van der Waals surface area contributed by atoms with Crippen molar-refractivity contribution in [1.29, 1.82) is 0 Å². The lowest BCUT2D eigenvalue weighted by Crippen LogP contribution is -2.32. The molecule has 4 aromatic rings. The van der Waals surface area contributed by atoms with E-state index < -0.39 is 0 Å². The number of para-hydroxylation sites is 1. The molecule has 0 aliphatic heterocycles. The van der Waals surface area contributed by atoms with E-state index >= 15 is 0 Å². The number of carbonyl (C=O) groups is 1. The first-order chi connectivity index (χ1) is 15.3. The number of unbranched alkanes of at least 4 members (excludes halogenated alkanes) is 5. The van der Waals surface area contributed by atoms with Crippen LogP contribution < -0.4 is 4.90 Å². The minimum absolute atomic E-state index is 0.0606. The molecular formula is C27H29N3O. The number of pyridine rings is 2. The Labute approximate surface area is 183 Å². The van der Waals surface area contributed by atoms with Gasteiger partial charge in [0.15, 0.2) is 0 Å². The Morgan fingerprint density at radius 2 is 1.48 bits per heavy atom. The summed E-state index contributed by atoms with van der Waals surface area (Å²) in [5.74, 6) is -0.0606. The second-order valence-electron chi connectivity index (χ2n) is 7.97. The van der Waals surface area contributed by atoms with Crippen LogP contribution in [0.15, 0.2) is 72.9 Å². The molecule has 0 aliphatic carbocycles. The molecule has 0 N–H and O–H groups in total. The van der Waals surface area contributed by atoms with Crippen LogP contribution in [0.1, 0.15) is 55.9 Å². The van der Waals surface area contributed by atoms with Crippen molar-refractivity contribution >= 4 is 33.4 Å². The van der Waals surface area contributed by atoms with Crippen LogP contribution in [0, 0.1) is 0 Å². The molecule has 0 unspecified atom stereocenters. The van der Waals surface area contributed by atoms with Crippen LogP contribution in [0.25, 0.3) is 21.8 Å². The number of hydrogen-bond donors (Lipinski definition) is 0. The molecule has 0 fully saturated rings. The number of rotatable bonds is 9. The van der Waals surface area contributed by atoms with E-state index in [2.05, 4.69) is 11.9 Å². The van der Waals surface area contributed by atoms with Gasteiger partial charge in [0.2, 0.25) is 0 Å². The fourth-order valence-corrected chi connectivity index (χ4v) is 3.99. The molecule has 0 saturated carbocycles. The molecule has 4 nitrogen and oxygen atoms in total. The zero-order chi connectivity index (χ0) is 21.5. The summed E-state index contributed by atoms with van der Waals surface area (Å²) in [5, 5.41) is 2.02. The average Bonchev–Trinajstić information content (AvgIpc) is 2.83. The molecule has 2 heterocycles. The van der Waals surface area contributed by atoms with Crippen LogP contribution >= 0.6 is 0 Å². The Bertz CT molecular complexity index is 1160. The van der Waals surface area contributed by atoms with Crippen LogP contribution in [0.2, 0.25) is 0 Å². The highest BCUT2D eigenvalue weighted by Crippen LogP contribution is 2.24. The molecule has 2 aromatic carbocycles. The Kier molecular flexibility index (Phi) is 6.88. The van der Waals surface area contributed by atoms with E-state index in [1.807, 2.05) is 71.6 Å². The highest BCUT2D eigenvalue weighted by atomic mass is 16.2. The maximum absolute atomic E-state index is 13.5. The molecule has 4 heteroatoms. The molecule has 0 spiro atoms. The standard InChI is InChI=1S/C27H29N3O/c1-2-3-4-5-6-10-20-30(23-13-8-7-9-14-23)27(31)24-18-17-22-16-15-21-12-11-19-28-25(21)26(22)29-24/h7-9,11-19H,2-6,10,20H2,1H3. The maximum atomic E-state index is 13.5. The van der Waals surface area contributed by atoms with E-state index in [0.717, 1.165) is 40.3 Å². The van der Waals surface area contributed by atoms with Crippen LogP contribution in [-0.2, 0) is 0 Å². The number of aromatic nitrogens is 2. The second kappa shape index (κ2) is 10.2. The number of carbonyl (C=O) groups excluding carboxylic acids is 1. The van der Waals surface area contributed by atoms with E-state index in [1.165, 1.54) is 25.7 Å². The summed E-state index contributed by atoms with van der Waals surface area (Å²) in [6, 6.07) is 21.7. The van der Waals surface area contributed by atoms with Gasteiger partial charge in [-0.15, -0.1) is 0 Å². The Hall–Kier alpha value is -3.27. The first-order valence-electron chi connectivity index (χ1n) is 11.3. The lowest BCUT2D eigenvalue weighted by atomic mass is 10.1. The van der Waals surface area contributed by atoms with Crippen molar-refractivity contribution in [3.63, 3.8) is 0 Å². The molecule has 0 bridgehead atoms. The Morgan fingerprint density at radius 1 is 0.774 bits per heavy atom. The van der Waals surface area contributed by atoms with Gasteiger partial charge in [-0.05, 0) is 30.7 Å². The van der Waals surface area contributed by atoms with Crippen LogP contribution in [-0.4, -0.2) is 22.4 Å². The minimum atomic E-state index is -0.0606. The van der Waals surface area contributed by atoms with Gasteiger partial charge in [-0.3, -0.25) is 9.78 Å². The lowest BCUT2D eigenvalue weighted by molar-refractivity contribution is 0.0982. The maximum Gasteiger partial charge on any atom is 0.276 e. The van der Waals surface area contributed by atoms with Crippen LogP contribution in [0.5, 0.6) is 0 Å². The van der Waals surface area contributed by atoms with Gasteiger partial charge in [0.05, 0.1) is 11.0 Å². The van der Waals surface area contributed by atoms with Gasteiger partial charge in [-0.2, -0.15) is 0 Å². The van der Waals surface area contributed by atoms with Gasteiger partial charge < -0.3 is 4.90 Å². The summed E-state index contributed by atoms with van der Waals surface area (Å²) >= 11 is 0. The number of benzene rings is 2. The Morgan fingerprint density at radius 3 is 2.29 bits per heavy atom. The van der Waals surface area contributed by atoms with E-state index in [0.29, 0.717) is 12.2 Å². The molecular weight excluding hydrogens is 382 g/mol. The number of anilines is 1. The normalized spacial score (nSPS) is 11.1. The molecule has 4 rings (SSSR count). The molecule has 2 aromatic heterocycles. The van der Waals surface area contributed by atoms with E-state index in [1.54, 1.807) is 6.20 Å². The summed E-state index contributed by atoms with van der Waals surface area (Å²) in [6.07, 6.45) is 8.90. The average molecular weight is 412 g/mol. The molecule has 1 amide bonds. The zero-order valence-electron chi connectivity index (χ0n) is 18.1. The fraction of sp³-hybridized carbons (Fsp3) is 0.296. The molecule has 0 aliphatic rings. The van der Waals surface area contributed by atoms with Gasteiger partial charge in [0.25, 0.3) is 5.91 Å². The first-order valence-corrected chi connectivity index (χ1v) is 11.3. The van der Waals surface area contributed by atoms with Gasteiger partial charge >= 0.3 is 0 Å². The SMILES string of the molecule is CCCCCCCCN(C(=O)c1ccc2ccc3cccnc3c2n1)c1ccccc1. The van der Waals surface area contributed by atoms with Crippen molar-refractivity contribution in [3.8, 4) is 0 Å². The van der Waals surface area contributed by atoms with Gasteiger partial charge in [-0.1, -0.05) is 81.5 Å². The van der Waals surface area contributed by atoms with E-state index in [9.17, 15) is 4.79 Å². The minimum Gasteiger partial charge on any atom is -0.307 e. The van der Waals surface area contributed by atoms with Gasteiger partial charge in [0, 0.05) is 29.2 Å². The number of amides is 1. The third kappa shape index (κ3) is 4.91. The molecule has 31 heavy (non-hydrogen) atoms. The summed E-state index contributed by atoms with van der Waals surface area (Å²) < 4.78 is 0. The third-order valence-corrected chi connectivity index (χ3v) is 5.70. The molecule has 0 saturated heterocycles. The quantitative estimate of drug-likeness (QED) is 0.225. The lowest BCUT2D eigenvalue weighted by Gasteiger charge is -2.23. The fourth-order valence-electron chi connectivity index (χ4n) is 3.99. The van der Waals surface area contributed by atoms with Gasteiger partial charge in [-0.25, -0.2) is 4.98 Å². The van der Waals surface area contributed by atoms with Crippen molar-refractivity contribution in [2.45, 2.75) is 45.4 Å². The Balaban J connectivity index is 1.61. The summed E-state index contributed by atoms with van der Waals surface area (Å²) in [7, 11) is 0. The molecule has 0 atom stereocenters. The number of nitrogens with zero attached hydrogens (tertiary/aromatic N) is 3. The highest BCUT2D eigenvalue weighted by molar-refractivity contribution is 6.08. The van der Waals surface area contributed by atoms with Crippen molar-refractivity contribution < 1.29 is 4.79 Å². The second-order valence-corrected chi connectivity index (χ2v) is 7.97. The van der Waals surface area contributed by atoms with Crippen molar-refractivity contribution in [2.75, 3.05) is 11.4 Å². The van der Waals surface area contributed by atoms with E-state index in [4.69, 9.17) is 4.98 Å². The topological polar surface area (TPSA) is 46.1 Å². The smallest absolute Gasteiger partial charge is 0.276 e. The molecule has 0 radical (unpaired) electrons. The zero-order valence-corrected chi connectivity index (χ0v) is 18.1. The first kappa shape index (κ1) is 21.0. The predicted octanol–water partition coefficient (Wildman–Crippen LogP) is 6.79. The highest BCUT2D eigenvalue weighted by Gasteiger charge is 2.19. The van der Waals surface area contributed by atoms with Crippen molar-refractivity contribution in [1.82, 2.24) is 9.97 Å². The van der Waals surface area contributed by atoms with Crippen LogP contribution in [0.3, 0.4) is 0 Å². The molecule has 158 valence electrons. The van der Waals surface area contributed by atoms with Gasteiger partial charge in [0.1, 0.15) is 5.69 Å². The largest absolute Gasteiger partial charge is 0.307 e. The third-order valence-electron chi connectivity index (χ3n) is 5.70. The monoisotopic (exact) mass is 411 g/mol. The van der Waals surface area contributed by atoms with Crippen molar-refractivity contribution in [2.24, 2.45) is 0 Å². The van der Waals surface area contributed by atoms with Crippen LogP contribution in [0.4, 0.5) is 5.69 Å². The number of hydrogen-bond acceptors (Lipinski definition) is 3. The predicted molar refractivity (Wildman–Crippen MR) is 129 cm³/mol. The number of fused-ring (bicyclic) bond motifs is 3.